The van der Waals surface area contributed by atoms with Crippen molar-refractivity contribution in [3.05, 3.63) is 17.5 Å². The normalized spacial score (nSPS) is 20.1. The van der Waals surface area contributed by atoms with Crippen LogP contribution in [0, 0.1) is 11.3 Å². The third-order valence-corrected chi connectivity index (χ3v) is 6.24. The topological polar surface area (TPSA) is 81.4 Å². The van der Waals surface area contributed by atoms with Crippen molar-refractivity contribution in [3.8, 4) is 0 Å². The highest BCUT2D eigenvalue weighted by molar-refractivity contribution is 5.76. The molecule has 0 unspecified atom stereocenters. The zero-order chi connectivity index (χ0) is 21.3. The lowest BCUT2D eigenvalue weighted by atomic mass is 9.57. The van der Waals surface area contributed by atoms with Crippen molar-refractivity contribution in [2.24, 2.45) is 11.3 Å². The van der Waals surface area contributed by atoms with E-state index < -0.39 is 0 Å². The lowest BCUT2D eigenvalue weighted by Gasteiger charge is -2.52. The molecule has 2 rings (SSSR count). The number of rotatable bonds is 13. The number of hydrogen-bond donors (Lipinski definition) is 1. The van der Waals surface area contributed by atoms with Gasteiger partial charge in [-0.2, -0.15) is 0 Å². The maximum atomic E-state index is 12.1. The molecule has 2 atom stereocenters. The zero-order valence-electron chi connectivity index (χ0n) is 18.6. The molecule has 0 spiro atoms. The third kappa shape index (κ3) is 7.16. The summed E-state index contributed by atoms with van der Waals surface area (Å²) in [4.78, 5) is 23.8. The van der Waals surface area contributed by atoms with Gasteiger partial charge in [0.1, 0.15) is 0 Å². The Kier molecular flexibility index (Phi) is 9.18. The molecule has 1 N–H and O–H groups in total. The average molecular weight is 407 g/mol. The number of amides is 1. The molecule has 1 saturated carbocycles. The van der Waals surface area contributed by atoms with Crippen LogP contribution in [0.3, 0.4) is 0 Å². The lowest BCUT2D eigenvalue weighted by Crippen LogP contribution is -2.58. The predicted octanol–water partition coefficient (Wildman–Crippen LogP) is 4.95. The third-order valence-electron chi connectivity index (χ3n) is 6.24. The van der Waals surface area contributed by atoms with E-state index in [1.807, 2.05) is 6.07 Å². The van der Waals surface area contributed by atoms with Crippen molar-refractivity contribution in [2.45, 2.75) is 105 Å². The van der Waals surface area contributed by atoms with E-state index in [0.717, 1.165) is 57.1 Å². The van der Waals surface area contributed by atoms with E-state index in [0.29, 0.717) is 24.5 Å². The van der Waals surface area contributed by atoms with Crippen LogP contribution in [-0.2, 0) is 27.4 Å². The number of aromatic nitrogens is 1. The summed E-state index contributed by atoms with van der Waals surface area (Å²) in [7, 11) is 0. The van der Waals surface area contributed by atoms with Gasteiger partial charge in [-0.25, -0.2) is 0 Å². The first kappa shape index (κ1) is 23.4. The molecule has 1 fully saturated rings. The Hall–Kier alpha value is -1.85. The minimum atomic E-state index is -0.186. The van der Waals surface area contributed by atoms with Gasteiger partial charge >= 0.3 is 5.97 Å². The SMILES string of the molecule is CCCCCC(=O)N[C@H]1C[C@@H](Cc2cc(COC(=O)CCCCC)on2)C1(C)C. The summed E-state index contributed by atoms with van der Waals surface area (Å²) < 4.78 is 10.6. The largest absolute Gasteiger partial charge is 0.457 e. The van der Waals surface area contributed by atoms with E-state index in [4.69, 9.17) is 9.26 Å². The van der Waals surface area contributed by atoms with Gasteiger partial charge in [-0.05, 0) is 37.0 Å². The van der Waals surface area contributed by atoms with Crippen molar-refractivity contribution in [1.82, 2.24) is 10.5 Å². The second-order valence-electron chi connectivity index (χ2n) is 8.94. The summed E-state index contributed by atoms with van der Waals surface area (Å²) in [6, 6.07) is 2.10. The van der Waals surface area contributed by atoms with Crippen LogP contribution < -0.4 is 5.32 Å². The summed E-state index contributed by atoms with van der Waals surface area (Å²) in [5.74, 6) is 1.01. The van der Waals surface area contributed by atoms with Crippen molar-refractivity contribution in [3.63, 3.8) is 0 Å². The fourth-order valence-electron chi connectivity index (χ4n) is 3.92. The van der Waals surface area contributed by atoms with Crippen molar-refractivity contribution in [1.29, 1.82) is 0 Å². The summed E-state index contributed by atoms with van der Waals surface area (Å²) in [6.07, 6.45) is 9.02. The number of nitrogens with zero attached hydrogens (tertiary/aromatic N) is 1. The first-order chi connectivity index (χ1) is 13.9. The monoisotopic (exact) mass is 406 g/mol. The Morgan fingerprint density at radius 1 is 1.17 bits per heavy atom. The number of carbonyl (C=O) groups excluding carboxylic acids is 2. The van der Waals surface area contributed by atoms with E-state index in [2.05, 4.69) is 38.2 Å². The Labute approximate surface area is 175 Å². The maximum Gasteiger partial charge on any atom is 0.306 e. The molecule has 1 aliphatic rings. The summed E-state index contributed by atoms with van der Waals surface area (Å²) in [5.41, 5.74) is 0.915. The number of unbranched alkanes of at least 4 members (excludes halogenated alkanes) is 4. The van der Waals surface area contributed by atoms with Crippen LogP contribution in [0.25, 0.3) is 0 Å². The molecule has 0 aromatic carbocycles. The van der Waals surface area contributed by atoms with E-state index >= 15 is 0 Å². The van der Waals surface area contributed by atoms with Gasteiger partial charge in [-0.15, -0.1) is 0 Å². The molecule has 0 radical (unpaired) electrons. The van der Waals surface area contributed by atoms with Gasteiger partial charge in [0.05, 0.1) is 5.69 Å². The van der Waals surface area contributed by atoms with Crippen molar-refractivity contribution in [2.75, 3.05) is 0 Å². The number of esters is 1. The second kappa shape index (κ2) is 11.4. The Balaban J connectivity index is 1.73. The molecular weight excluding hydrogens is 368 g/mol. The van der Waals surface area contributed by atoms with E-state index in [-0.39, 0.29) is 29.9 Å². The highest BCUT2D eigenvalue weighted by atomic mass is 16.5. The molecule has 1 heterocycles. The minimum absolute atomic E-state index is 0.0330. The van der Waals surface area contributed by atoms with Crippen LogP contribution in [0.2, 0.25) is 0 Å². The molecule has 6 heteroatoms. The molecule has 0 saturated heterocycles. The maximum absolute atomic E-state index is 12.1. The van der Waals surface area contributed by atoms with Crippen LogP contribution >= 0.6 is 0 Å². The van der Waals surface area contributed by atoms with Gasteiger partial charge in [-0.3, -0.25) is 9.59 Å². The first-order valence-electron chi connectivity index (χ1n) is 11.3. The fraction of sp³-hybridized carbons (Fsp3) is 0.783. The van der Waals surface area contributed by atoms with E-state index in [1.165, 1.54) is 0 Å². The summed E-state index contributed by atoms with van der Waals surface area (Å²) in [5, 5.41) is 7.34. The van der Waals surface area contributed by atoms with Gasteiger partial charge in [-0.1, -0.05) is 58.5 Å². The number of nitrogens with one attached hydrogen (secondary N) is 1. The molecule has 6 nitrogen and oxygen atoms in total. The molecular formula is C23H38N2O4. The smallest absolute Gasteiger partial charge is 0.306 e. The molecule has 1 aliphatic carbocycles. The van der Waals surface area contributed by atoms with E-state index in [1.54, 1.807) is 0 Å². The molecule has 1 aromatic heterocycles. The quantitative estimate of drug-likeness (QED) is 0.370. The highest BCUT2D eigenvalue weighted by Crippen LogP contribution is 2.47. The van der Waals surface area contributed by atoms with Crippen molar-refractivity contribution < 1.29 is 18.8 Å². The summed E-state index contributed by atoms with van der Waals surface area (Å²) in [6.45, 7) is 8.80. The molecule has 1 amide bonds. The molecule has 0 aliphatic heterocycles. The zero-order valence-corrected chi connectivity index (χ0v) is 18.6. The minimum Gasteiger partial charge on any atom is -0.457 e. The Morgan fingerprint density at radius 3 is 2.52 bits per heavy atom. The average Bonchev–Trinajstić information content (AvgIpc) is 3.13. The van der Waals surface area contributed by atoms with Crippen LogP contribution in [0.5, 0.6) is 0 Å². The Morgan fingerprint density at radius 2 is 1.86 bits per heavy atom. The van der Waals surface area contributed by atoms with Crippen LogP contribution in [0.4, 0.5) is 0 Å². The van der Waals surface area contributed by atoms with Crippen molar-refractivity contribution >= 4 is 11.9 Å². The first-order valence-corrected chi connectivity index (χ1v) is 11.3. The predicted molar refractivity (Wildman–Crippen MR) is 112 cm³/mol. The van der Waals surface area contributed by atoms with E-state index in [9.17, 15) is 9.59 Å². The number of carbonyl (C=O) groups is 2. The van der Waals surface area contributed by atoms with Crippen LogP contribution in [-0.4, -0.2) is 23.1 Å². The van der Waals surface area contributed by atoms with Gasteiger partial charge in [0.2, 0.25) is 5.91 Å². The Bertz CT molecular complexity index is 653. The lowest BCUT2D eigenvalue weighted by molar-refractivity contribution is -0.145. The molecule has 1 aromatic rings. The highest BCUT2D eigenvalue weighted by Gasteiger charge is 2.48. The molecule has 0 bridgehead atoms. The second-order valence-corrected chi connectivity index (χ2v) is 8.94. The van der Waals surface area contributed by atoms with Gasteiger partial charge in [0.25, 0.3) is 0 Å². The molecule has 164 valence electrons. The number of hydrogen-bond acceptors (Lipinski definition) is 5. The van der Waals surface area contributed by atoms with Crippen LogP contribution in [0.15, 0.2) is 10.6 Å². The van der Waals surface area contributed by atoms with Gasteiger partial charge in [0.15, 0.2) is 12.4 Å². The van der Waals surface area contributed by atoms with Gasteiger partial charge in [0, 0.05) is 24.9 Å². The van der Waals surface area contributed by atoms with Crippen LogP contribution in [0.1, 0.15) is 96.9 Å². The van der Waals surface area contributed by atoms with Gasteiger partial charge < -0.3 is 14.6 Å². The fourth-order valence-corrected chi connectivity index (χ4v) is 3.92. The molecule has 29 heavy (non-hydrogen) atoms. The number of ether oxygens (including phenoxy) is 1. The standard InChI is InChI=1S/C23H38N2O4/c1-5-7-9-11-21(26)24-20-14-17(23(20,3)4)13-18-15-19(29-25-18)16-28-22(27)12-10-8-6-2/h15,17,20H,5-14,16H2,1-4H3,(H,24,26)/t17-,20+/m1/s1. The summed E-state index contributed by atoms with van der Waals surface area (Å²) >= 11 is 0.